The van der Waals surface area contributed by atoms with Crippen molar-refractivity contribution in [1.82, 2.24) is 8.87 Å². The maximum Gasteiger partial charge on any atom is 0.244 e. The summed E-state index contributed by atoms with van der Waals surface area (Å²) in [6, 6.07) is 1.71. The highest BCUT2D eigenvalue weighted by molar-refractivity contribution is 7.99. The Bertz CT molecular complexity index is 522. The highest BCUT2D eigenvalue weighted by Gasteiger charge is 2.27. The van der Waals surface area contributed by atoms with Gasteiger partial charge in [-0.25, -0.2) is 8.42 Å². The SMILES string of the molecule is CCCn1cc(S(=O)(=O)N2CCSCC2)cc1CCl. The Morgan fingerprint density at radius 2 is 2.05 bits per heavy atom. The van der Waals surface area contributed by atoms with Crippen LogP contribution in [0.1, 0.15) is 19.0 Å². The minimum Gasteiger partial charge on any atom is -0.349 e. The van der Waals surface area contributed by atoms with Crippen molar-refractivity contribution in [3.63, 3.8) is 0 Å². The highest BCUT2D eigenvalue weighted by Crippen LogP contribution is 2.23. The van der Waals surface area contributed by atoms with Crippen LogP contribution in [0.4, 0.5) is 0 Å². The minimum absolute atomic E-state index is 0.339. The summed E-state index contributed by atoms with van der Waals surface area (Å²) >= 11 is 7.68. The van der Waals surface area contributed by atoms with E-state index in [1.807, 2.05) is 4.57 Å². The lowest BCUT2D eigenvalue weighted by Crippen LogP contribution is -2.37. The Balaban J connectivity index is 2.29. The Labute approximate surface area is 124 Å². The van der Waals surface area contributed by atoms with E-state index in [4.69, 9.17) is 11.6 Å². The molecule has 1 aliphatic rings. The maximum absolute atomic E-state index is 12.5. The second kappa shape index (κ2) is 6.52. The van der Waals surface area contributed by atoms with E-state index in [0.717, 1.165) is 30.2 Å². The third kappa shape index (κ3) is 3.29. The fraction of sp³-hybridized carbons (Fsp3) is 0.667. The molecule has 0 spiro atoms. The molecule has 108 valence electrons. The van der Waals surface area contributed by atoms with Crippen molar-refractivity contribution in [1.29, 1.82) is 0 Å². The molecule has 2 rings (SSSR count). The number of rotatable bonds is 5. The molecule has 0 atom stereocenters. The van der Waals surface area contributed by atoms with Crippen molar-refractivity contribution in [3.05, 3.63) is 18.0 Å². The van der Waals surface area contributed by atoms with Crippen molar-refractivity contribution < 1.29 is 8.42 Å². The Morgan fingerprint density at radius 1 is 1.37 bits per heavy atom. The first kappa shape index (κ1) is 15.2. The van der Waals surface area contributed by atoms with Crippen LogP contribution in [0.3, 0.4) is 0 Å². The number of hydrogen-bond acceptors (Lipinski definition) is 3. The lowest BCUT2D eigenvalue weighted by Gasteiger charge is -2.25. The Hall–Kier alpha value is -0.170. The van der Waals surface area contributed by atoms with Gasteiger partial charge < -0.3 is 4.57 Å². The molecular weight excluding hydrogens is 304 g/mol. The number of hydrogen-bond donors (Lipinski definition) is 0. The number of thioether (sulfide) groups is 1. The van der Waals surface area contributed by atoms with Crippen LogP contribution in [-0.2, 0) is 22.4 Å². The van der Waals surface area contributed by atoms with Crippen LogP contribution < -0.4 is 0 Å². The maximum atomic E-state index is 12.5. The van der Waals surface area contributed by atoms with Crippen LogP contribution in [0.5, 0.6) is 0 Å². The zero-order chi connectivity index (χ0) is 13.9. The fourth-order valence-electron chi connectivity index (χ4n) is 2.16. The van der Waals surface area contributed by atoms with Crippen LogP contribution in [-0.4, -0.2) is 41.9 Å². The number of sulfonamides is 1. The molecule has 0 saturated carbocycles. The predicted octanol–water partition coefficient (Wildman–Crippen LogP) is 2.37. The molecule has 7 heteroatoms. The van der Waals surface area contributed by atoms with E-state index in [2.05, 4.69) is 6.92 Å². The third-order valence-electron chi connectivity index (χ3n) is 3.17. The van der Waals surface area contributed by atoms with Crippen LogP contribution in [0.25, 0.3) is 0 Å². The molecule has 1 fully saturated rings. The van der Waals surface area contributed by atoms with Crippen molar-refractivity contribution in [2.45, 2.75) is 30.7 Å². The Kier molecular flexibility index (Phi) is 5.22. The summed E-state index contributed by atoms with van der Waals surface area (Å²) in [4.78, 5) is 0.378. The number of nitrogens with zero attached hydrogens (tertiary/aromatic N) is 2. The molecule has 4 nitrogen and oxygen atoms in total. The summed E-state index contributed by atoms with van der Waals surface area (Å²) < 4.78 is 28.6. The van der Waals surface area contributed by atoms with Gasteiger partial charge in [0.1, 0.15) is 4.90 Å². The largest absolute Gasteiger partial charge is 0.349 e. The van der Waals surface area contributed by atoms with Gasteiger partial charge in [0.05, 0.1) is 5.88 Å². The average molecular weight is 323 g/mol. The first-order valence-corrected chi connectivity index (χ1v) is 9.55. The van der Waals surface area contributed by atoms with Gasteiger partial charge in [-0.2, -0.15) is 16.1 Å². The quantitative estimate of drug-likeness (QED) is 0.782. The standard InChI is InChI=1S/C12H19ClN2O2S2/c1-2-3-14-10-12(8-11(14)9-13)19(16,17)15-4-6-18-7-5-15/h8,10H,2-7,9H2,1H3. The van der Waals surface area contributed by atoms with E-state index in [0.29, 0.717) is 23.9 Å². The van der Waals surface area contributed by atoms with Crippen LogP contribution in [0.2, 0.25) is 0 Å². The Morgan fingerprint density at radius 3 is 2.63 bits per heavy atom. The van der Waals surface area contributed by atoms with Gasteiger partial charge in [-0.05, 0) is 12.5 Å². The van der Waals surface area contributed by atoms with Crippen molar-refractivity contribution in [3.8, 4) is 0 Å². The fourth-order valence-corrected chi connectivity index (χ4v) is 5.03. The molecule has 1 aliphatic heterocycles. The third-order valence-corrected chi connectivity index (χ3v) is 6.25. The van der Waals surface area contributed by atoms with E-state index in [-0.39, 0.29) is 0 Å². The number of halogens is 1. The summed E-state index contributed by atoms with van der Waals surface area (Å²) in [5.74, 6) is 2.08. The van der Waals surface area contributed by atoms with Gasteiger partial charge in [0.2, 0.25) is 10.0 Å². The zero-order valence-corrected chi connectivity index (χ0v) is 13.4. The molecule has 0 bridgehead atoms. The van der Waals surface area contributed by atoms with E-state index in [1.165, 1.54) is 0 Å². The molecule has 0 aromatic carbocycles. The van der Waals surface area contributed by atoms with Gasteiger partial charge in [-0.15, -0.1) is 11.6 Å². The number of aromatic nitrogens is 1. The van der Waals surface area contributed by atoms with Crippen LogP contribution >= 0.6 is 23.4 Å². The molecule has 0 aliphatic carbocycles. The smallest absolute Gasteiger partial charge is 0.244 e. The summed E-state index contributed by atoms with van der Waals surface area (Å²) in [5, 5.41) is 0. The predicted molar refractivity (Wildman–Crippen MR) is 80.4 cm³/mol. The molecule has 0 N–H and O–H groups in total. The second-order valence-corrected chi connectivity index (χ2v) is 7.94. The zero-order valence-electron chi connectivity index (χ0n) is 11.0. The van der Waals surface area contributed by atoms with Gasteiger partial charge in [0.15, 0.2) is 0 Å². The van der Waals surface area contributed by atoms with Crippen LogP contribution in [0.15, 0.2) is 17.2 Å². The molecule has 19 heavy (non-hydrogen) atoms. The van der Waals surface area contributed by atoms with Crippen molar-refractivity contribution in [2.24, 2.45) is 0 Å². The molecule has 1 saturated heterocycles. The van der Waals surface area contributed by atoms with E-state index in [9.17, 15) is 8.42 Å². The van der Waals surface area contributed by atoms with Crippen molar-refractivity contribution >= 4 is 33.4 Å². The van der Waals surface area contributed by atoms with E-state index >= 15 is 0 Å². The summed E-state index contributed by atoms with van der Waals surface area (Å²) in [6.45, 7) is 4.06. The first-order chi connectivity index (χ1) is 9.09. The summed E-state index contributed by atoms with van der Waals surface area (Å²) in [6.07, 6.45) is 2.68. The molecular formula is C12H19ClN2O2S2. The van der Waals surface area contributed by atoms with E-state index in [1.54, 1.807) is 28.3 Å². The van der Waals surface area contributed by atoms with Gasteiger partial charge in [-0.1, -0.05) is 6.92 Å². The van der Waals surface area contributed by atoms with Gasteiger partial charge in [-0.3, -0.25) is 0 Å². The lowest BCUT2D eigenvalue weighted by molar-refractivity contribution is 0.443. The average Bonchev–Trinajstić information content (AvgIpc) is 2.84. The van der Waals surface area contributed by atoms with Gasteiger partial charge in [0.25, 0.3) is 0 Å². The van der Waals surface area contributed by atoms with Crippen LogP contribution in [0, 0.1) is 0 Å². The highest BCUT2D eigenvalue weighted by atomic mass is 35.5. The van der Waals surface area contributed by atoms with E-state index < -0.39 is 10.0 Å². The topological polar surface area (TPSA) is 42.3 Å². The first-order valence-electron chi connectivity index (χ1n) is 6.42. The lowest BCUT2D eigenvalue weighted by atomic mass is 10.4. The minimum atomic E-state index is -3.35. The molecule has 0 unspecified atom stereocenters. The van der Waals surface area contributed by atoms with Gasteiger partial charge in [0, 0.05) is 43.0 Å². The normalized spacial score (nSPS) is 17.8. The molecule has 0 radical (unpaired) electrons. The molecule has 0 amide bonds. The number of aryl methyl sites for hydroxylation is 1. The van der Waals surface area contributed by atoms with Gasteiger partial charge >= 0.3 is 0 Å². The second-order valence-electron chi connectivity index (χ2n) is 4.51. The number of alkyl halides is 1. The molecule has 2 heterocycles. The molecule has 1 aromatic heterocycles. The van der Waals surface area contributed by atoms with Crippen molar-refractivity contribution in [2.75, 3.05) is 24.6 Å². The molecule has 1 aromatic rings. The monoisotopic (exact) mass is 322 g/mol. The summed E-state index contributed by atoms with van der Waals surface area (Å²) in [5.41, 5.74) is 0.869. The summed E-state index contributed by atoms with van der Waals surface area (Å²) in [7, 11) is -3.35.